The maximum atomic E-state index is 12.2. The second-order valence-corrected chi connectivity index (χ2v) is 7.70. The van der Waals surface area contributed by atoms with Crippen molar-refractivity contribution >= 4 is 27.3 Å². The van der Waals surface area contributed by atoms with E-state index in [0.717, 1.165) is 12.8 Å². The second kappa shape index (κ2) is 5.31. The lowest BCUT2D eigenvalue weighted by atomic mass is 9.89. The van der Waals surface area contributed by atoms with Gasteiger partial charge in [-0.1, -0.05) is 31.4 Å². The average Bonchev–Trinajstić information content (AvgIpc) is 2.78. The molecule has 0 aliphatic heterocycles. The monoisotopic (exact) mass is 302 g/mol. The molecule has 3 N–H and O–H groups in total. The van der Waals surface area contributed by atoms with Crippen LogP contribution in [0.3, 0.4) is 0 Å². The third kappa shape index (κ3) is 3.41. The Morgan fingerprint density at radius 1 is 1.37 bits per heavy atom. The third-order valence-electron chi connectivity index (χ3n) is 3.78. The standard InChI is InChI=1S/C13H19ClN2O2S/c1-13(6-2-3-7-13)9-16-19(17,18)10-4-5-11(14)12(15)8-10/h4-5,8,16H,2-3,6-7,9,15H2,1H3. The summed E-state index contributed by atoms with van der Waals surface area (Å²) in [6, 6.07) is 4.36. The summed E-state index contributed by atoms with van der Waals surface area (Å²) in [7, 11) is -3.51. The Kier molecular flexibility index (Phi) is 4.08. The van der Waals surface area contributed by atoms with Crippen LogP contribution in [0.1, 0.15) is 32.6 Å². The first kappa shape index (κ1) is 14.6. The summed E-state index contributed by atoms with van der Waals surface area (Å²) >= 11 is 5.79. The zero-order chi connectivity index (χ0) is 14.1. The van der Waals surface area contributed by atoms with Crippen molar-refractivity contribution in [1.29, 1.82) is 0 Å². The smallest absolute Gasteiger partial charge is 0.240 e. The van der Waals surface area contributed by atoms with Gasteiger partial charge in [0.15, 0.2) is 0 Å². The van der Waals surface area contributed by atoms with Gasteiger partial charge >= 0.3 is 0 Å². The molecule has 6 heteroatoms. The zero-order valence-corrected chi connectivity index (χ0v) is 12.5. The second-order valence-electron chi connectivity index (χ2n) is 5.53. The summed E-state index contributed by atoms with van der Waals surface area (Å²) < 4.78 is 27.0. The normalized spacial score (nSPS) is 18.6. The number of rotatable bonds is 4. The number of hydrogen-bond acceptors (Lipinski definition) is 3. The first-order valence-corrected chi connectivity index (χ1v) is 8.23. The van der Waals surface area contributed by atoms with E-state index in [1.54, 1.807) is 0 Å². The molecular formula is C13H19ClN2O2S. The minimum atomic E-state index is -3.51. The van der Waals surface area contributed by atoms with E-state index in [2.05, 4.69) is 11.6 Å². The average molecular weight is 303 g/mol. The molecule has 0 radical (unpaired) electrons. The lowest BCUT2D eigenvalue weighted by Gasteiger charge is -2.23. The number of nitrogens with two attached hydrogens (primary N) is 1. The van der Waals surface area contributed by atoms with Gasteiger partial charge in [-0.05, 0) is 36.5 Å². The van der Waals surface area contributed by atoms with E-state index in [1.807, 2.05) is 0 Å². The van der Waals surface area contributed by atoms with Crippen LogP contribution in [0.2, 0.25) is 5.02 Å². The van der Waals surface area contributed by atoms with Gasteiger partial charge in [0.1, 0.15) is 0 Å². The quantitative estimate of drug-likeness (QED) is 0.840. The summed E-state index contributed by atoms with van der Waals surface area (Å²) in [5.41, 5.74) is 5.99. The molecule has 1 saturated carbocycles. The first-order valence-electron chi connectivity index (χ1n) is 6.37. The number of sulfonamides is 1. The van der Waals surface area contributed by atoms with Crippen LogP contribution >= 0.6 is 11.6 Å². The number of nitrogen functional groups attached to an aromatic ring is 1. The third-order valence-corrected chi connectivity index (χ3v) is 5.52. The molecule has 106 valence electrons. The molecule has 0 bridgehead atoms. The molecule has 0 spiro atoms. The summed E-state index contributed by atoms with van der Waals surface area (Å²) in [5, 5.41) is 0.363. The predicted molar refractivity (Wildman–Crippen MR) is 77.6 cm³/mol. The van der Waals surface area contributed by atoms with Crippen molar-refractivity contribution in [2.24, 2.45) is 5.41 Å². The van der Waals surface area contributed by atoms with Crippen LogP contribution in [0.4, 0.5) is 5.69 Å². The fourth-order valence-corrected chi connectivity index (χ4v) is 3.80. The molecule has 1 aliphatic rings. The molecule has 4 nitrogen and oxygen atoms in total. The van der Waals surface area contributed by atoms with Crippen LogP contribution in [0, 0.1) is 5.41 Å². The molecule has 1 aromatic rings. The number of benzene rings is 1. The van der Waals surface area contributed by atoms with Crippen molar-refractivity contribution in [3.63, 3.8) is 0 Å². The number of hydrogen-bond donors (Lipinski definition) is 2. The highest BCUT2D eigenvalue weighted by Crippen LogP contribution is 2.37. The van der Waals surface area contributed by atoms with Crippen LogP contribution in [-0.4, -0.2) is 15.0 Å². The molecular weight excluding hydrogens is 284 g/mol. The Balaban J connectivity index is 2.11. The fraction of sp³-hybridized carbons (Fsp3) is 0.538. The maximum Gasteiger partial charge on any atom is 0.240 e. The van der Waals surface area contributed by atoms with E-state index in [1.165, 1.54) is 31.0 Å². The molecule has 0 saturated heterocycles. The minimum absolute atomic E-state index is 0.0744. The van der Waals surface area contributed by atoms with Crippen LogP contribution in [0.25, 0.3) is 0 Å². The highest BCUT2D eigenvalue weighted by molar-refractivity contribution is 7.89. The van der Waals surface area contributed by atoms with Gasteiger partial charge in [-0.2, -0.15) is 0 Å². The van der Waals surface area contributed by atoms with Crippen molar-refractivity contribution in [2.45, 2.75) is 37.5 Å². The van der Waals surface area contributed by atoms with E-state index in [4.69, 9.17) is 17.3 Å². The lowest BCUT2D eigenvalue weighted by Crippen LogP contribution is -2.34. The number of nitrogens with one attached hydrogen (secondary N) is 1. The molecule has 19 heavy (non-hydrogen) atoms. The SMILES string of the molecule is CC1(CNS(=O)(=O)c2ccc(Cl)c(N)c2)CCCC1. The van der Waals surface area contributed by atoms with Crippen LogP contribution in [0.5, 0.6) is 0 Å². The van der Waals surface area contributed by atoms with Gasteiger partial charge in [0.05, 0.1) is 15.6 Å². The first-order chi connectivity index (χ1) is 8.82. The van der Waals surface area contributed by atoms with Gasteiger partial charge in [0.25, 0.3) is 0 Å². The zero-order valence-electron chi connectivity index (χ0n) is 10.9. The Morgan fingerprint density at radius 2 is 2.00 bits per heavy atom. The lowest BCUT2D eigenvalue weighted by molar-refractivity contribution is 0.336. The summed E-state index contributed by atoms with van der Waals surface area (Å²) in [5.74, 6) is 0. The van der Waals surface area contributed by atoms with Gasteiger partial charge < -0.3 is 5.73 Å². The molecule has 0 heterocycles. The van der Waals surface area contributed by atoms with E-state index in [-0.39, 0.29) is 16.0 Å². The molecule has 0 amide bonds. The molecule has 1 aromatic carbocycles. The number of anilines is 1. The summed E-state index contributed by atoms with van der Waals surface area (Å²) in [6.07, 6.45) is 4.48. The van der Waals surface area contributed by atoms with Crippen LogP contribution in [-0.2, 0) is 10.0 Å². The van der Waals surface area contributed by atoms with Gasteiger partial charge in [0.2, 0.25) is 10.0 Å². The predicted octanol–water partition coefficient (Wildman–Crippen LogP) is 2.78. The number of halogens is 1. The van der Waals surface area contributed by atoms with Crippen molar-refractivity contribution in [3.8, 4) is 0 Å². The molecule has 0 unspecified atom stereocenters. The highest BCUT2D eigenvalue weighted by atomic mass is 35.5. The Labute approximate surface area is 119 Å². The molecule has 1 aliphatic carbocycles. The topological polar surface area (TPSA) is 72.2 Å². The fourth-order valence-electron chi connectivity index (χ4n) is 2.45. The van der Waals surface area contributed by atoms with Crippen molar-refractivity contribution in [3.05, 3.63) is 23.2 Å². The van der Waals surface area contributed by atoms with Gasteiger partial charge in [-0.3, -0.25) is 0 Å². The Bertz CT molecular complexity index is 566. The van der Waals surface area contributed by atoms with Crippen molar-refractivity contribution in [1.82, 2.24) is 4.72 Å². The minimum Gasteiger partial charge on any atom is -0.397 e. The Morgan fingerprint density at radius 3 is 2.58 bits per heavy atom. The van der Waals surface area contributed by atoms with Gasteiger partial charge in [-0.25, -0.2) is 13.1 Å². The summed E-state index contributed by atoms with van der Waals surface area (Å²) in [4.78, 5) is 0.163. The molecule has 1 fully saturated rings. The van der Waals surface area contributed by atoms with E-state index < -0.39 is 10.0 Å². The van der Waals surface area contributed by atoms with E-state index in [0.29, 0.717) is 11.6 Å². The van der Waals surface area contributed by atoms with Gasteiger partial charge in [-0.15, -0.1) is 0 Å². The van der Waals surface area contributed by atoms with E-state index in [9.17, 15) is 8.42 Å². The van der Waals surface area contributed by atoms with Crippen LogP contribution < -0.4 is 10.5 Å². The molecule has 2 rings (SSSR count). The van der Waals surface area contributed by atoms with Gasteiger partial charge in [0, 0.05) is 6.54 Å². The Hall–Kier alpha value is -0.780. The maximum absolute atomic E-state index is 12.2. The highest BCUT2D eigenvalue weighted by Gasteiger charge is 2.30. The van der Waals surface area contributed by atoms with Crippen molar-refractivity contribution < 1.29 is 8.42 Å². The molecule has 0 atom stereocenters. The van der Waals surface area contributed by atoms with Crippen molar-refractivity contribution in [2.75, 3.05) is 12.3 Å². The van der Waals surface area contributed by atoms with Crippen LogP contribution in [0.15, 0.2) is 23.1 Å². The summed E-state index contributed by atoms with van der Waals surface area (Å²) in [6.45, 7) is 2.59. The largest absolute Gasteiger partial charge is 0.397 e. The molecule has 0 aromatic heterocycles. The van der Waals surface area contributed by atoms with E-state index >= 15 is 0 Å².